The Balaban J connectivity index is 2.15. The van der Waals surface area contributed by atoms with Crippen LogP contribution in [0.15, 0.2) is 24.3 Å². The van der Waals surface area contributed by atoms with Gasteiger partial charge in [-0.25, -0.2) is 0 Å². The van der Waals surface area contributed by atoms with Crippen LogP contribution in [-0.4, -0.2) is 49.1 Å². The Morgan fingerprint density at radius 2 is 2.12 bits per heavy atom. The summed E-state index contributed by atoms with van der Waals surface area (Å²) in [7, 11) is 0. The fourth-order valence-corrected chi connectivity index (χ4v) is 3.04. The van der Waals surface area contributed by atoms with Crippen molar-refractivity contribution in [2.45, 2.75) is 45.8 Å². The molecule has 2 rings (SSSR count). The molecule has 1 fully saturated rings. The van der Waals surface area contributed by atoms with Crippen LogP contribution in [0.25, 0.3) is 0 Å². The lowest BCUT2D eigenvalue weighted by Gasteiger charge is -2.33. The van der Waals surface area contributed by atoms with Crippen LogP contribution in [0, 0.1) is 0 Å². The van der Waals surface area contributed by atoms with E-state index < -0.39 is 6.04 Å². The van der Waals surface area contributed by atoms with Gasteiger partial charge < -0.3 is 19.7 Å². The molecule has 2 atom stereocenters. The van der Waals surface area contributed by atoms with Crippen LogP contribution in [-0.2, 0) is 14.3 Å². The lowest BCUT2D eigenvalue weighted by atomic mass is 10.0. The number of benzene rings is 1. The molecule has 0 radical (unpaired) electrons. The van der Waals surface area contributed by atoms with Crippen molar-refractivity contribution in [2.75, 3.05) is 26.3 Å². The number of rotatable bonds is 7. The standard InChI is InChI=1S/C19H28N2O4/c1-4-15-13-21(10-11-25-15)19(23)12-17(20-14(3)22)16-8-6-7-9-18(16)24-5-2/h6-9,15,17H,4-5,10-13H2,1-3H3,(H,20,22)/t15-,17+/m0/s1. The van der Waals surface area contributed by atoms with Crippen molar-refractivity contribution in [3.63, 3.8) is 0 Å². The SMILES string of the molecule is CCOc1ccccc1[C@@H](CC(=O)N1CCO[C@@H](CC)C1)NC(C)=O. The first-order valence-electron chi connectivity index (χ1n) is 8.93. The Labute approximate surface area is 149 Å². The first-order valence-corrected chi connectivity index (χ1v) is 8.93. The van der Waals surface area contributed by atoms with Crippen molar-refractivity contribution in [1.82, 2.24) is 10.2 Å². The Bertz CT molecular complexity index is 591. The maximum Gasteiger partial charge on any atom is 0.225 e. The molecule has 25 heavy (non-hydrogen) atoms. The fraction of sp³-hybridized carbons (Fsp3) is 0.579. The van der Waals surface area contributed by atoms with Crippen LogP contribution in [0.3, 0.4) is 0 Å². The van der Waals surface area contributed by atoms with E-state index in [0.29, 0.717) is 32.1 Å². The number of hydrogen-bond acceptors (Lipinski definition) is 4. The van der Waals surface area contributed by atoms with Crippen molar-refractivity contribution in [2.24, 2.45) is 0 Å². The molecule has 1 aliphatic heterocycles. The van der Waals surface area contributed by atoms with E-state index >= 15 is 0 Å². The molecular formula is C19H28N2O4. The van der Waals surface area contributed by atoms with Crippen LogP contribution in [0.4, 0.5) is 0 Å². The minimum absolute atomic E-state index is 0.0202. The second-order valence-corrected chi connectivity index (χ2v) is 6.17. The van der Waals surface area contributed by atoms with Crippen molar-refractivity contribution in [1.29, 1.82) is 0 Å². The summed E-state index contributed by atoms with van der Waals surface area (Å²) >= 11 is 0. The number of morpholine rings is 1. The largest absolute Gasteiger partial charge is 0.494 e. The van der Waals surface area contributed by atoms with E-state index in [9.17, 15) is 9.59 Å². The van der Waals surface area contributed by atoms with Gasteiger partial charge in [0.1, 0.15) is 5.75 Å². The third-order valence-corrected chi connectivity index (χ3v) is 4.30. The van der Waals surface area contributed by atoms with E-state index in [1.54, 1.807) is 0 Å². The second kappa shape index (κ2) is 9.42. The van der Waals surface area contributed by atoms with Gasteiger partial charge in [0.25, 0.3) is 0 Å². The molecule has 1 aromatic carbocycles. The highest BCUT2D eigenvalue weighted by Gasteiger charge is 2.27. The molecule has 0 aliphatic carbocycles. The number of carbonyl (C=O) groups excluding carboxylic acids is 2. The first-order chi connectivity index (χ1) is 12.0. The third-order valence-electron chi connectivity index (χ3n) is 4.30. The minimum atomic E-state index is -0.407. The number of para-hydroxylation sites is 1. The summed E-state index contributed by atoms with van der Waals surface area (Å²) in [5.74, 6) is 0.550. The number of carbonyl (C=O) groups is 2. The molecule has 1 aromatic rings. The lowest BCUT2D eigenvalue weighted by Crippen LogP contribution is -2.46. The Hall–Kier alpha value is -2.08. The maximum absolute atomic E-state index is 12.8. The van der Waals surface area contributed by atoms with Gasteiger partial charge in [-0.05, 0) is 19.4 Å². The molecule has 6 heteroatoms. The van der Waals surface area contributed by atoms with Gasteiger partial charge >= 0.3 is 0 Å². The molecule has 1 saturated heterocycles. The highest BCUT2D eigenvalue weighted by Crippen LogP contribution is 2.28. The topological polar surface area (TPSA) is 67.9 Å². The highest BCUT2D eigenvalue weighted by molar-refractivity contribution is 5.79. The van der Waals surface area contributed by atoms with Crippen LogP contribution in [0.5, 0.6) is 5.75 Å². The van der Waals surface area contributed by atoms with Gasteiger partial charge in [0.05, 0.1) is 31.8 Å². The molecular weight excluding hydrogens is 320 g/mol. The number of nitrogens with zero attached hydrogens (tertiary/aromatic N) is 1. The first kappa shape index (κ1) is 19.2. The molecule has 0 spiro atoms. The zero-order valence-corrected chi connectivity index (χ0v) is 15.3. The molecule has 138 valence electrons. The Kier molecular flexibility index (Phi) is 7.25. The molecule has 0 bridgehead atoms. The summed E-state index contributed by atoms with van der Waals surface area (Å²) in [5, 5.41) is 2.89. The Morgan fingerprint density at radius 1 is 1.36 bits per heavy atom. The number of hydrogen-bond donors (Lipinski definition) is 1. The van der Waals surface area contributed by atoms with Crippen LogP contribution in [0.1, 0.15) is 45.2 Å². The number of amides is 2. The second-order valence-electron chi connectivity index (χ2n) is 6.17. The van der Waals surface area contributed by atoms with Gasteiger partial charge in [0.2, 0.25) is 11.8 Å². The molecule has 1 aliphatic rings. The molecule has 2 amide bonds. The van der Waals surface area contributed by atoms with Gasteiger partial charge in [-0.2, -0.15) is 0 Å². The van der Waals surface area contributed by atoms with E-state index in [4.69, 9.17) is 9.47 Å². The zero-order chi connectivity index (χ0) is 18.2. The van der Waals surface area contributed by atoms with Crippen molar-refractivity contribution < 1.29 is 19.1 Å². The maximum atomic E-state index is 12.8. The average Bonchev–Trinajstić information content (AvgIpc) is 2.61. The van der Waals surface area contributed by atoms with Crippen molar-refractivity contribution in [3.8, 4) is 5.75 Å². The smallest absolute Gasteiger partial charge is 0.225 e. The summed E-state index contributed by atoms with van der Waals surface area (Å²) in [6.45, 7) is 7.71. The number of ether oxygens (including phenoxy) is 2. The summed E-state index contributed by atoms with van der Waals surface area (Å²) in [5.41, 5.74) is 0.827. The van der Waals surface area contributed by atoms with Crippen LogP contribution >= 0.6 is 0 Å². The van der Waals surface area contributed by atoms with Gasteiger partial charge in [-0.1, -0.05) is 25.1 Å². The van der Waals surface area contributed by atoms with E-state index in [1.807, 2.05) is 36.1 Å². The zero-order valence-electron chi connectivity index (χ0n) is 15.3. The van der Waals surface area contributed by atoms with Crippen LogP contribution in [0.2, 0.25) is 0 Å². The summed E-state index contributed by atoms with van der Waals surface area (Å²) < 4.78 is 11.3. The lowest BCUT2D eigenvalue weighted by molar-refractivity contribution is -0.139. The minimum Gasteiger partial charge on any atom is -0.494 e. The van der Waals surface area contributed by atoms with E-state index in [0.717, 1.165) is 12.0 Å². The van der Waals surface area contributed by atoms with Crippen molar-refractivity contribution >= 4 is 11.8 Å². The molecule has 1 N–H and O–H groups in total. The van der Waals surface area contributed by atoms with E-state index in [2.05, 4.69) is 12.2 Å². The highest BCUT2D eigenvalue weighted by atomic mass is 16.5. The monoisotopic (exact) mass is 348 g/mol. The van der Waals surface area contributed by atoms with Gasteiger partial charge in [0, 0.05) is 25.6 Å². The summed E-state index contributed by atoms with van der Waals surface area (Å²) in [6, 6.07) is 7.12. The van der Waals surface area contributed by atoms with E-state index in [1.165, 1.54) is 6.92 Å². The predicted octanol–water partition coefficient (Wildman–Crippen LogP) is 2.29. The molecule has 0 saturated carbocycles. The normalized spacial score (nSPS) is 18.5. The number of nitrogens with one attached hydrogen (secondary N) is 1. The summed E-state index contributed by atoms with van der Waals surface area (Å²) in [6.07, 6.45) is 1.18. The quantitative estimate of drug-likeness (QED) is 0.821. The predicted molar refractivity (Wildman–Crippen MR) is 95.4 cm³/mol. The van der Waals surface area contributed by atoms with Gasteiger partial charge in [0.15, 0.2) is 0 Å². The molecule has 0 aromatic heterocycles. The van der Waals surface area contributed by atoms with Crippen molar-refractivity contribution in [3.05, 3.63) is 29.8 Å². The van der Waals surface area contributed by atoms with E-state index in [-0.39, 0.29) is 24.3 Å². The fourth-order valence-electron chi connectivity index (χ4n) is 3.04. The molecule has 0 unspecified atom stereocenters. The molecule has 6 nitrogen and oxygen atoms in total. The average molecular weight is 348 g/mol. The van der Waals surface area contributed by atoms with Gasteiger partial charge in [-0.15, -0.1) is 0 Å². The van der Waals surface area contributed by atoms with Gasteiger partial charge in [-0.3, -0.25) is 9.59 Å². The molecule has 1 heterocycles. The van der Waals surface area contributed by atoms with Crippen LogP contribution < -0.4 is 10.1 Å². The Morgan fingerprint density at radius 3 is 2.80 bits per heavy atom. The summed E-state index contributed by atoms with van der Waals surface area (Å²) in [4.78, 5) is 26.3. The third kappa shape index (κ3) is 5.46.